The average Bonchev–Trinajstić information content (AvgIpc) is 3.50. The van der Waals surface area contributed by atoms with E-state index >= 15 is 0 Å². The molecular weight excluding hydrogens is 458 g/mol. The summed E-state index contributed by atoms with van der Waals surface area (Å²) in [4.78, 5) is 21.9. The molecule has 1 atom stereocenters. The molecule has 1 aliphatic rings. The van der Waals surface area contributed by atoms with Gasteiger partial charge in [0.1, 0.15) is 23.1 Å². The quantitative estimate of drug-likeness (QED) is 0.245. The first-order valence-electron chi connectivity index (χ1n) is 10.5. The number of pyridine rings is 1. The van der Waals surface area contributed by atoms with Crippen molar-refractivity contribution in [2.45, 2.75) is 23.9 Å². The lowest BCUT2D eigenvalue weighted by Gasteiger charge is -2.32. The number of amides is 1. The van der Waals surface area contributed by atoms with Gasteiger partial charge in [-0.15, -0.1) is 6.58 Å². The summed E-state index contributed by atoms with van der Waals surface area (Å²) < 4.78 is 39.9. The molecule has 4 heterocycles. The third kappa shape index (κ3) is 4.03. The molecule has 1 amide bonds. The summed E-state index contributed by atoms with van der Waals surface area (Å²) in [5.74, 6) is 0.535. The average molecular weight is 480 g/mol. The van der Waals surface area contributed by atoms with Gasteiger partial charge in [-0.25, -0.2) is 13.9 Å². The monoisotopic (exact) mass is 479 g/mol. The molecule has 1 N–H and O–H groups in total. The maximum atomic E-state index is 13.7. The smallest absolute Gasteiger partial charge is 0.262 e. The van der Waals surface area contributed by atoms with Gasteiger partial charge in [-0.3, -0.25) is 14.6 Å². The van der Waals surface area contributed by atoms with Crippen LogP contribution in [0.15, 0.2) is 87.5 Å². The molecular formula is C24H21N3O6S. The maximum absolute atomic E-state index is 13.7. The second-order valence-electron chi connectivity index (χ2n) is 7.75. The Morgan fingerprint density at radius 1 is 1.24 bits per heavy atom. The minimum atomic E-state index is -4.07. The standard InChI is InChI=1S/C24H21N3O6S/c1-2-10-32-26-24(28)20-13-17-7-11-31-23(17)15-27(20)34(29,30)19-3-4-21-18(12-19)14-22(33-21)16-5-8-25-9-6-16/h2-9,11-12,14,20H,1,10,13,15H2,(H,26,28)/t20-/m1/s1. The molecule has 0 radical (unpaired) electrons. The molecule has 0 spiro atoms. The number of aromatic nitrogens is 1. The minimum absolute atomic E-state index is 0.0434. The molecule has 9 nitrogen and oxygen atoms in total. The van der Waals surface area contributed by atoms with Crippen molar-refractivity contribution < 1.29 is 26.9 Å². The Balaban J connectivity index is 1.50. The number of benzene rings is 1. The van der Waals surface area contributed by atoms with Crippen LogP contribution in [0.25, 0.3) is 22.3 Å². The van der Waals surface area contributed by atoms with Gasteiger partial charge in [-0.1, -0.05) is 6.08 Å². The lowest BCUT2D eigenvalue weighted by Crippen LogP contribution is -2.52. The Hall–Kier alpha value is -3.73. The van der Waals surface area contributed by atoms with Crippen molar-refractivity contribution in [2.24, 2.45) is 0 Å². The number of fused-ring (bicyclic) bond motifs is 2. The van der Waals surface area contributed by atoms with E-state index < -0.39 is 22.0 Å². The van der Waals surface area contributed by atoms with E-state index in [-0.39, 0.29) is 24.5 Å². The number of carbonyl (C=O) groups excluding carboxylic acids is 1. The van der Waals surface area contributed by atoms with E-state index in [1.54, 1.807) is 36.7 Å². The molecule has 0 saturated carbocycles. The number of hydrogen-bond donors (Lipinski definition) is 1. The molecule has 1 aromatic carbocycles. The molecule has 0 bridgehead atoms. The first kappa shape index (κ1) is 22.1. The van der Waals surface area contributed by atoms with Crippen molar-refractivity contribution >= 4 is 26.9 Å². The van der Waals surface area contributed by atoms with Crippen LogP contribution in [0.4, 0.5) is 0 Å². The van der Waals surface area contributed by atoms with Crippen LogP contribution in [-0.4, -0.2) is 36.3 Å². The molecule has 34 heavy (non-hydrogen) atoms. The largest absolute Gasteiger partial charge is 0.468 e. The van der Waals surface area contributed by atoms with Crippen molar-refractivity contribution in [1.29, 1.82) is 0 Å². The third-order valence-electron chi connectivity index (χ3n) is 5.63. The molecule has 10 heteroatoms. The molecule has 0 saturated heterocycles. The van der Waals surface area contributed by atoms with Crippen LogP contribution in [0.1, 0.15) is 11.3 Å². The minimum Gasteiger partial charge on any atom is -0.468 e. The lowest BCUT2D eigenvalue weighted by molar-refractivity contribution is -0.137. The molecule has 4 aromatic rings. The van der Waals surface area contributed by atoms with Gasteiger partial charge in [0.05, 0.1) is 24.3 Å². The molecule has 0 fully saturated rings. The third-order valence-corrected chi connectivity index (χ3v) is 7.48. The zero-order chi connectivity index (χ0) is 23.7. The van der Waals surface area contributed by atoms with Gasteiger partial charge in [0, 0.05) is 29.8 Å². The molecule has 3 aromatic heterocycles. The summed E-state index contributed by atoms with van der Waals surface area (Å²) in [6.45, 7) is 3.55. The van der Waals surface area contributed by atoms with Crippen molar-refractivity contribution in [3.05, 3.63) is 85.1 Å². The zero-order valence-electron chi connectivity index (χ0n) is 18.0. The summed E-state index contributed by atoms with van der Waals surface area (Å²) in [7, 11) is -4.07. The van der Waals surface area contributed by atoms with E-state index in [4.69, 9.17) is 13.7 Å². The van der Waals surface area contributed by atoms with Crippen molar-refractivity contribution in [3.8, 4) is 11.3 Å². The van der Waals surface area contributed by atoms with Gasteiger partial charge in [-0.05, 0) is 48.0 Å². The predicted octanol–water partition coefficient (Wildman–Crippen LogP) is 3.44. The topological polar surface area (TPSA) is 115 Å². The van der Waals surface area contributed by atoms with Crippen LogP contribution in [-0.2, 0) is 32.6 Å². The number of furan rings is 2. The number of rotatable bonds is 7. The van der Waals surface area contributed by atoms with E-state index in [0.717, 1.165) is 15.4 Å². The van der Waals surface area contributed by atoms with E-state index in [1.165, 1.54) is 18.4 Å². The number of sulfonamides is 1. The number of carbonyl (C=O) groups is 1. The second kappa shape index (κ2) is 8.90. The lowest BCUT2D eigenvalue weighted by atomic mass is 10.0. The van der Waals surface area contributed by atoms with Gasteiger partial charge in [0.25, 0.3) is 5.91 Å². The molecule has 0 unspecified atom stereocenters. The Labute approximate surface area is 195 Å². The van der Waals surface area contributed by atoms with Gasteiger partial charge < -0.3 is 8.83 Å². The highest BCUT2D eigenvalue weighted by molar-refractivity contribution is 7.89. The highest BCUT2D eigenvalue weighted by Gasteiger charge is 2.41. The highest BCUT2D eigenvalue weighted by atomic mass is 32.2. The van der Waals surface area contributed by atoms with Crippen molar-refractivity contribution in [1.82, 2.24) is 14.8 Å². The zero-order valence-corrected chi connectivity index (χ0v) is 18.8. The number of hydrogen-bond acceptors (Lipinski definition) is 7. The van der Waals surface area contributed by atoms with Gasteiger partial charge in [-0.2, -0.15) is 4.31 Å². The van der Waals surface area contributed by atoms with Crippen molar-refractivity contribution in [2.75, 3.05) is 6.61 Å². The number of nitrogens with zero attached hydrogens (tertiary/aromatic N) is 2. The molecule has 174 valence electrons. The van der Waals surface area contributed by atoms with Crippen LogP contribution < -0.4 is 5.48 Å². The van der Waals surface area contributed by atoms with E-state index in [1.807, 2.05) is 12.1 Å². The predicted molar refractivity (Wildman–Crippen MR) is 123 cm³/mol. The number of nitrogens with one attached hydrogen (secondary N) is 1. The van der Waals surface area contributed by atoms with E-state index in [9.17, 15) is 13.2 Å². The molecule has 0 aliphatic carbocycles. The molecule has 5 rings (SSSR count). The SMILES string of the molecule is C=CCONC(=O)[C@H]1Cc2ccoc2CN1S(=O)(=O)c1ccc2oc(-c3ccncc3)cc2c1. The fraction of sp³-hybridized carbons (Fsp3) is 0.167. The normalized spacial score (nSPS) is 16.3. The van der Waals surface area contributed by atoms with Crippen LogP contribution in [0.3, 0.4) is 0 Å². The fourth-order valence-electron chi connectivity index (χ4n) is 3.94. The van der Waals surface area contributed by atoms with Gasteiger partial charge in [0.2, 0.25) is 10.0 Å². The van der Waals surface area contributed by atoms with Crippen LogP contribution in [0, 0.1) is 0 Å². The Bertz CT molecular complexity index is 1460. The van der Waals surface area contributed by atoms with Crippen LogP contribution in [0.2, 0.25) is 0 Å². The van der Waals surface area contributed by atoms with Gasteiger partial charge >= 0.3 is 0 Å². The first-order valence-corrected chi connectivity index (χ1v) is 11.9. The Morgan fingerprint density at radius 3 is 2.85 bits per heavy atom. The maximum Gasteiger partial charge on any atom is 0.262 e. The highest BCUT2D eigenvalue weighted by Crippen LogP contribution is 2.33. The molecule has 1 aliphatic heterocycles. The summed E-state index contributed by atoms with van der Waals surface area (Å²) in [5, 5.41) is 0.624. The van der Waals surface area contributed by atoms with Crippen LogP contribution >= 0.6 is 0 Å². The summed E-state index contributed by atoms with van der Waals surface area (Å²) in [6.07, 6.45) is 6.43. The summed E-state index contributed by atoms with van der Waals surface area (Å²) in [5.41, 5.74) is 4.47. The van der Waals surface area contributed by atoms with E-state index in [2.05, 4.69) is 17.0 Å². The van der Waals surface area contributed by atoms with Gasteiger partial charge in [0.15, 0.2) is 0 Å². The van der Waals surface area contributed by atoms with Crippen molar-refractivity contribution in [3.63, 3.8) is 0 Å². The summed E-state index contributed by atoms with van der Waals surface area (Å²) >= 11 is 0. The Kier molecular flexibility index (Phi) is 5.78. The second-order valence-corrected chi connectivity index (χ2v) is 9.64. The van der Waals surface area contributed by atoms with Crippen LogP contribution in [0.5, 0.6) is 0 Å². The fourth-order valence-corrected chi connectivity index (χ4v) is 5.52. The Morgan fingerprint density at radius 2 is 2.06 bits per heavy atom. The first-order chi connectivity index (χ1) is 16.5. The van der Waals surface area contributed by atoms with E-state index in [0.29, 0.717) is 22.5 Å². The summed E-state index contributed by atoms with van der Waals surface area (Å²) in [6, 6.07) is 10.7. The number of hydroxylamine groups is 1.